The summed E-state index contributed by atoms with van der Waals surface area (Å²) in [6, 6.07) is 8.83. The van der Waals surface area contributed by atoms with Crippen LogP contribution in [0, 0.1) is 0 Å². The first kappa shape index (κ1) is 27.3. The molecule has 2 N–H and O–H groups in total. The maximum Gasteiger partial charge on any atom is 0.123 e. The van der Waals surface area contributed by atoms with E-state index < -0.39 is 0 Å². The lowest BCUT2D eigenvalue weighted by molar-refractivity contribution is 0.422. The van der Waals surface area contributed by atoms with Crippen LogP contribution in [0.25, 0.3) is 0 Å². The molecule has 2 heteroatoms. The van der Waals surface area contributed by atoms with Gasteiger partial charge in [0.25, 0.3) is 0 Å². The normalized spacial score (nSPS) is 13.6. The van der Waals surface area contributed by atoms with Gasteiger partial charge in [0.2, 0.25) is 0 Å². The van der Waals surface area contributed by atoms with Crippen molar-refractivity contribution in [1.29, 1.82) is 0 Å². The fourth-order valence-electron chi connectivity index (χ4n) is 4.67. The predicted octanol–water partition coefficient (Wildman–Crippen LogP) is 8.83. The Morgan fingerprint density at radius 2 is 0.727 bits per heavy atom. The van der Waals surface area contributed by atoms with Gasteiger partial charge in [-0.25, -0.2) is 0 Å². The van der Waals surface area contributed by atoms with E-state index in [0.29, 0.717) is 11.5 Å². The lowest BCUT2D eigenvalue weighted by Crippen LogP contribution is -2.20. The molecule has 33 heavy (non-hydrogen) atoms. The Kier molecular flexibility index (Phi) is 7.17. The second-order valence-electron chi connectivity index (χ2n) is 13.9. The highest BCUT2D eigenvalue weighted by atomic mass is 16.3. The van der Waals surface area contributed by atoms with Gasteiger partial charge in [0.1, 0.15) is 11.5 Å². The minimum absolute atomic E-state index is 0.166. The first-order valence-corrected chi connectivity index (χ1v) is 12.4. The van der Waals surface area contributed by atoms with E-state index in [2.05, 4.69) is 114 Å². The molecule has 0 saturated carbocycles. The van der Waals surface area contributed by atoms with Crippen molar-refractivity contribution in [2.24, 2.45) is 0 Å². The van der Waals surface area contributed by atoms with Crippen LogP contribution in [0.5, 0.6) is 11.5 Å². The average molecular weight is 453 g/mol. The summed E-state index contributed by atoms with van der Waals surface area (Å²) in [7, 11) is 0. The van der Waals surface area contributed by atoms with Crippen LogP contribution >= 0.6 is 0 Å². The Balaban J connectivity index is 2.91. The van der Waals surface area contributed by atoms with Gasteiger partial charge in [-0.2, -0.15) is 0 Å². The summed E-state index contributed by atoms with van der Waals surface area (Å²) in [5.74, 6) is 1.02. The number of phenols is 2. The molecule has 0 spiro atoms. The molecule has 0 saturated heterocycles. The van der Waals surface area contributed by atoms with Crippen molar-refractivity contribution in [2.45, 2.75) is 124 Å². The molecule has 184 valence electrons. The molecule has 0 aromatic heterocycles. The van der Waals surface area contributed by atoms with Crippen LogP contribution in [0.3, 0.4) is 0 Å². The molecule has 0 unspecified atom stereocenters. The minimum atomic E-state index is -0.166. The molecular weight excluding hydrogens is 404 g/mol. The quantitative estimate of drug-likeness (QED) is 0.488. The zero-order chi connectivity index (χ0) is 25.7. The molecule has 0 aliphatic rings. The molecule has 2 aromatic carbocycles. The van der Waals surface area contributed by atoms with E-state index in [4.69, 9.17) is 0 Å². The third-order valence-electron chi connectivity index (χ3n) is 6.71. The van der Waals surface area contributed by atoms with Crippen molar-refractivity contribution < 1.29 is 10.2 Å². The SMILES string of the molecule is CCC(c1cc(C(C)(C)C)c(O)c(C(C)(C)C)c1)c1cc(C(C)(C)C)c(O)c(C(C)(C)C)c1. The fraction of sp³-hybridized carbons (Fsp3) is 0.613. The Morgan fingerprint density at radius 1 is 0.515 bits per heavy atom. The van der Waals surface area contributed by atoms with Crippen molar-refractivity contribution >= 4 is 0 Å². The van der Waals surface area contributed by atoms with Gasteiger partial charge in [-0.05, 0) is 61.5 Å². The predicted molar refractivity (Wildman–Crippen MR) is 143 cm³/mol. The second-order valence-corrected chi connectivity index (χ2v) is 13.9. The summed E-state index contributed by atoms with van der Waals surface area (Å²) in [6.07, 6.45) is 0.940. The summed E-state index contributed by atoms with van der Waals surface area (Å²) >= 11 is 0. The third-order valence-corrected chi connectivity index (χ3v) is 6.71. The average Bonchev–Trinajstić information content (AvgIpc) is 2.60. The van der Waals surface area contributed by atoms with Crippen LogP contribution in [0.15, 0.2) is 24.3 Å². The molecule has 0 bridgehead atoms. The number of aromatic hydroxyl groups is 2. The molecule has 0 heterocycles. The van der Waals surface area contributed by atoms with Gasteiger partial charge < -0.3 is 10.2 Å². The highest BCUT2D eigenvalue weighted by Gasteiger charge is 2.31. The summed E-state index contributed by atoms with van der Waals surface area (Å²) in [5.41, 5.74) is 5.78. The van der Waals surface area contributed by atoms with Gasteiger partial charge in [0.05, 0.1) is 0 Å². The molecule has 0 fully saturated rings. The van der Waals surface area contributed by atoms with Crippen molar-refractivity contribution in [2.75, 3.05) is 0 Å². The third kappa shape index (κ3) is 5.76. The first-order valence-electron chi connectivity index (χ1n) is 12.4. The highest BCUT2D eigenvalue weighted by Crippen LogP contribution is 2.45. The fourth-order valence-corrected chi connectivity index (χ4v) is 4.67. The largest absolute Gasteiger partial charge is 0.507 e. The summed E-state index contributed by atoms with van der Waals surface area (Å²) in [4.78, 5) is 0. The molecule has 2 aromatic rings. The van der Waals surface area contributed by atoms with E-state index in [-0.39, 0.29) is 27.6 Å². The van der Waals surface area contributed by atoms with Gasteiger partial charge in [0, 0.05) is 5.92 Å². The Labute approximate surface area is 203 Å². The molecular formula is C31H48O2. The number of phenolic OH excluding ortho intramolecular Hbond substituents is 2. The maximum absolute atomic E-state index is 11.2. The molecule has 0 aliphatic heterocycles. The van der Waals surface area contributed by atoms with Crippen LogP contribution < -0.4 is 0 Å². The number of rotatable bonds is 3. The summed E-state index contributed by atoms with van der Waals surface area (Å²) in [5, 5.41) is 22.4. The van der Waals surface area contributed by atoms with E-state index in [1.54, 1.807) is 0 Å². The Bertz CT molecular complexity index is 848. The molecule has 0 atom stereocenters. The zero-order valence-corrected chi connectivity index (χ0v) is 23.5. The molecule has 0 aliphatic carbocycles. The van der Waals surface area contributed by atoms with E-state index in [9.17, 15) is 10.2 Å². The molecule has 0 radical (unpaired) electrons. The molecule has 2 rings (SSSR count). The van der Waals surface area contributed by atoms with Crippen molar-refractivity contribution in [3.63, 3.8) is 0 Å². The van der Waals surface area contributed by atoms with Crippen LogP contribution in [0.4, 0.5) is 0 Å². The molecule has 0 amide bonds. The topological polar surface area (TPSA) is 40.5 Å². The van der Waals surface area contributed by atoms with Crippen molar-refractivity contribution in [3.8, 4) is 11.5 Å². The van der Waals surface area contributed by atoms with Crippen LogP contribution in [0.1, 0.15) is 136 Å². The van der Waals surface area contributed by atoms with Gasteiger partial charge >= 0.3 is 0 Å². The van der Waals surface area contributed by atoms with E-state index in [1.165, 1.54) is 11.1 Å². The van der Waals surface area contributed by atoms with Crippen LogP contribution in [-0.2, 0) is 21.7 Å². The standard InChI is InChI=1S/C31H48O2/c1-14-21(19-15-22(28(2,3)4)26(32)23(16-19)29(5,6)7)20-17-24(30(8,9)10)27(33)25(18-20)31(11,12)13/h15-18,21,32-33H,14H2,1-13H3. The molecule has 2 nitrogen and oxygen atoms in total. The monoisotopic (exact) mass is 452 g/mol. The summed E-state index contributed by atoms with van der Waals surface area (Å²) in [6.45, 7) is 28.2. The first-order chi connectivity index (χ1) is 14.7. The Morgan fingerprint density at radius 3 is 0.879 bits per heavy atom. The van der Waals surface area contributed by atoms with Gasteiger partial charge in [-0.1, -0.05) is 114 Å². The highest BCUT2D eigenvalue weighted by molar-refractivity contribution is 5.55. The van der Waals surface area contributed by atoms with E-state index >= 15 is 0 Å². The van der Waals surface area contributed by atoms with Crippen molar-refractivity contribution in [3.05, 3.63) is 57.6 Å². The Hall–Kier alpha value is -1.96. The number of benzene rings is 2. The van der Waals surface area contributed by atoms with E-state index in [0.717, 1.165) is 28.7 Å². The summed E-state index contributed by atoms with van der Waals surface area (Å²) < 4.78 is 0. The smallest absolute Gasteiger partial charge is 0.123 e. The lowest BCUT2D eigenvalue weighted by atomic mass is 9.73. The minimum Gasteiger partial charge on any atom is -0.507 e. The lowest BCUT2D eigenvalue weighted by Gasteiger charge is -2.32. The van der Waals surface area contributed by atoms with Crippen LogP contribution in [-0.4, -0.2) is 10.2 Å². The van der Waals surface area contributed by atoms with Crippen molar-refractivity contribution in [1.82, 2.24) is 0 Å². The number of hydrogen-bond acceptors (Lipinski definition) is 2. The van der Waals surface area contributed by atoms with Gasteiger partial charge in [-0.3, -0.25) is 0 Å². The number of hydrogen-bond donors (Lipinski definition) is 2. The van der Waals surface area contributed by atoms with Gasteiger partial charge in [0.15, 0.2) is 0 Å². The van der Waals surface area contributed by atoms with E-state index in [1.807, 2.05) is 0 Å². The second kappa shape index (κ2) is 8.67. The maximum atomic E-state index is 11.2. The van der Waals surface area contributed by atoms with Gasteiger partial charge in [-0.15, -0.1) is 0 Å². The van der Waals surface area contributed by atoms with Crippen LogP contribution in [0.2, 0.25) is 0 Å². The zero-order valence-electron chi connectivity index (χ0n) is 23.5.